The van der Waals surface area contributed by atoms with Gasteiger partial charge in [0, 0.05) is 7.11 Å². The maximum atomic E-state index is 13.9. The first-order valence-corrected chi connectivity index (χ1v) is 8.77. The average Bonchev–Trinajstić information content (AvgIpc) is 2.25. The highest BCUT2D eigenvalue weighted by molar-refractivity contribution is 7.89. The van der Waals surface area contributed by atoms with Crippen LogP contribution in [0.2, 0.25) is 0 Å². The number of hydrogen-bond donors (Lipinski definition) is 2. The predicted octanol–water partition coefficient (Wildman–Crippen LogP) is 0.176. The first-order chi connectivity index (χ1) is 9.39. The van der Waals surface area contributed by atoms with E-state index in [1.54, 1.807) is 13.8 Å². The molecule has 21 heavy (non-hydrogen) atoms. The van der Waals surface area contributed by atoms with Gasteiger partial charge in [-0.15, -0.1) is 0 Å². The van der Waals surface area contributed by atoms with Crippen molar-refractivity contribution in [1.82, 2.24) is 4.72 Å². The van der Waals surface area contributed by atoms with Gasteiger partial charge in [0.15, 0.2) is 0 Å². The Morgan fingerprint density at radius 3 is 2.29 bits per heavy atom. The molecule has 1 rings (SSSR count). The summed E-state index contributed by atoms with van der Waals surface area (Å²) in [6.45, 7) is 3.19. The Hall–Kier alpha value is -1.07. The van der Waals surface area contributed by atoms with Gasteiger partial charge in [0.25, 0.3) is 0 Å². The summed E-state index contributed by atoms with van der Waals surface area (Å²) in [6.07, 6.45) is 0. The Labute approximate surface area is 123 Å². The predicted molar refractivity (Wildman–Crippen MR) is 74.0 cm³/mol. The number of ether oxygens (including phenoxy) is 1. The average molecular weight is 340 g/mol. The molecule has 0 heterocycles. The molecule has 1 aromatic carbocycles. The van der Waals surface area contributed by atoms with Gasteiger partial charge in [-0.05, 0) is 32.0 Å². The van der Waals surface area contributed by atoms with Gasteiger partial charge >= 0.3 is 0 Å². The van der Waals surface area contributed by atoms with Crippen LogP contribution in [0.5, 0.6) is 0 Å². The Morgan fingerprint density at radius 1 is 1.29 bits per heavy atom. The monoisotopic (exact) mass is 340 g/mol. The maximum Gasteiger partial charge on any atom is 0.244 e. The summed E-state index contributed by atoms with van der Waals surface area (Å²) in [6, 6.07) is 2.34. The molecular weight excluding hydrogens is 323 g/mol. The number of rotatable bonds is 6. The van der Waals surface area contributed by atoms with Crippen LogP contribution in [0.25, 0.3) is 0 Å². The van der Waals surface area contributed by atoms with Gasteiger partial charge in [0.1, 0.15) is 10.7 Å². The van der Waals surface area contributed by atoms with Crippen LogP contribution in [0.4, 0.5) is 4.39 Å². The molecule has 0 bridgehead atoms. The quantitative estimate of drug-likeness (QED) is 0.766. The second-order valence-electron chi connectivity index (χ2n) is 5.06. The van der Waals surface area contributed by atoms with Gasteiger partial charge in [-0.2, -0.15) is 0 Å². The minimum atomic E-state index is -4.17. The Morgan fingerprint density at radius 2 is 1.86 bits per heavy atom. The van der Waals surface area contributed by atoms with Crippen molar-refractivity contribution in [3.05, 3.63) is 24.0 Å². The fourth-order valence-corrected chi connectivity index (χ4v) is 3.67. The molecule has 0 aromatic heterocycles. The van der Waals surface area contributed by atoms with Crippen molar-refractivity contribution in [1.29, 1.82) is 0 Å². The summed E-state index contributed by atoms with van der Waals surface area (Å²) < 4.78 is 67.4. The third-order valence-corrected chi connectivity index (χ3v) is 5.08. The molecule has 1 aromatic rings. The van der Waals surface area contributed by atoms with Crippen molar-refractivity contribution in [3.63, 3.8) is 0 Å². The second kappa shape index (κ2) is 5.97. The summed E-state index contributed by atoms with van der Waals surface area (Å²) in [5, 5.41) is 4.85. The number of methoxy groups -OCH3 is 1. The van der Waals surface area contributed by atoms with Crippen LogP contribution in [-0.4, -0.2) is 36.1 Å². The Balaban J connectivity index is 3.22. The highest BCUT2D eigenvalue weighted by atomic mass is 32.2. The van der Waals surface area contributed by atoms with E-state index < -0.39 is 41.2 Å². The van der Waals surface area contributed by atoms with Gasteiger partial charge < -0.3 is 4.74 Å². The van der Waals surface area contributed by atoms with Crippen molar-refractivity contribution in [2.75, 3.05) is 13.7 Å². The maximum absolute atomic E-state index is 13.9. The second-order valence-corrected chi connectivity index (χ2v) is 8.27. The van der Waals surface area contributed by atoms with Gasteiger partial charge in [0.05, 0.1) is 17.0 Å². The third kappa shape index (κ3) is 4.71. The molecule has 0 aliphatic carbocycles. The van der Waals surface area contributed by atoms with Crippen LogP contribution in [0, 0.1) is 5.82 Å². The number of sulfonamides is 2. The molecular formula is C11H17FN2O5S2. The van der Waals surface area contributed by atoms with E-state index in [9.17, 15) is 21.2 Å². The van der Waals surface area contributed by atoms with Gasteiger partial charge in [0.2, 0.25) is 20.0 Å². The largest absolute Gasteiger partial charge is 0.383 e. The van der Waals surface area contributed by atoms with Crippen LogP contribution >= 0.6 is 0 Å². The number of nitrogens with two attached hydrogens (primary N) is 1. The van der Waals surface area contributed by atoms with E-state index in [0.29, 0.717) is 6.07 Å². The molecule has 3 N–H and O–H groups in total. The molecule has 0 saturated heterocycles. The van der Waals surface area contributed by atoms with Crippen LogP contribution in [0.1, 0.15) is 13.8 Å². The van der Waals surface area contributed by atoms with Crippen molar-refractivity contribution in [2.24, 2.45) is 5.14 Å². The topological polar surface area (TPSA) is 116 Å². The number of nitrogens with one attached hydrogen (secondary N) is 1. The molecule has 0 fully saturated rings. The van der Waals surface area contributed by atoms with Gasteiger partial charge in [-0.1, -0.05) is 0 Å². The van der Waals surface area contributed by atoms with Crippen molar-refractivity contribution >= 4 is 20.0 Å². The normalized spacial score (nSPS) is 13.4. The Kier molecular flexibility index (Phi) is 5.11. The van der Waals surface area contributed by atoms with Crippen LogP contribution < -0.4 is 9.86 Å². The SMILES string of the molecule is COCC(C)(C)NS(=O)(=O)c1ccc(S(N)(=O)=O)cc1F. The van der Waals surface area contributed by atoms with Gasteiger partial charge in [-0.25, -0.2) is 31.1 Å². The van der Waals surface area contributed by atoms with Crippen LogP contribution in [-0.2, 0) is 24.8 Å². The number of hydrogen-bond acceptors (Lipinski definition) is 5. The molecule has 120 valence electrons. The zero-order valence-electron chi connectivity index (χ0n) is 11.8. The lowest BCUT2D eigenvalue weighted by molar-refractivity contribution is 0.141. The fourth-order valence-electron chi connectivity index (χ4n) is 1.69. The Bertz CT molecular complexity index is 729. The van der Waals surface area contributed by atoms with Crippen molar-refractivity contribution in [2.45, 2.75) is 29.2 Å². The number of primary sulfonamides is 1. The molecule has 0 unspecified atom stereocenters. The smallest absolute Gasteiger partial charge is 0.244 e. The summed E-state index contributed by atoms with van der Waals surface area (Å²) in [5.74, 6) is -1.21. The highest BCUT2D eigenvalue weighted by Gasteiger charge is 2.28. The minimum absolute atomic E-state index is 0.0725. The van der Waals surface area contributed by atoms with E-state index in [2.05, 4.69) is 4.72 Å². The van der Waals surface area contributed by atoms with E-state index in [1.165, 1.54) is 7.11 Å². The fraction of sp³-hybridized carbons (Fsp3) is 0.455. The molecule has 0 saturated carbocycles. The standard InChI is InChI=1S/C11H17FN2O5S2/c1-11(2,7-19-3)14-21(17,18)10-5-4-8(6-9(10)12)20(13,15)16/h4-6,14H,7H2,1-3H3,(H2,13,15,16). The number of halogens is 1. The molecule has 7 nitrogen and oxygen atoms in total. The minimum Gasteiger partial charge on any atom is -0.383 e. The molecule has 0 atom stereocenters. The highest BCUT2D eigenvalue weighted by Crippen LogP contribution is 2.20. The lowest BCUT2D eigenvalue weighted by Gasteiger charge is -2.25. The molecule has 0 aliphatic heterocycles. The zero-order valence-corrected chi connectivity index (χ0v) is 13.4. The summed E-state index contributed by atoms with van der Waals surface area (Å²) in [7, 11) is -6.88. The molecule has 10 heteroatoms. The zero-order chi connectivity index (χ0) is 16.5. The lowest BCUT2D eigenvalue weighted by atomic mass is 10.1. The van der Waals surface area contributed by atoms with E-state index in [-0.39, 0.29) is 6.61 Å². The third-order valence-electron chi connectivity index (χ3n) is 2.44. The van der Waals surface area contributed by atoms with E-state index in [0.717, 1.165) is 12.1 Å². The molecule has 0 spiro atoms. The summed E-state index contributed by atoms with van der Waals surface area (Å²) in [5.41, 5.74) is -0.960. The first-order valence-electron chi connectivity index (χ1n) is 5.74. The van der Waals surface area contributed by atoms with E-state index in [1.807, 2.05) is 0 Å². The molecule has 0 aliphatic rings. The first kappa shape index (κ1) is 18.0. The van der Waals surface area contributed by atoms with Gasteiger partial charge in [-0.3, -0.25) is 0 Å². The number of benzene rings is 1. The summed E-state index contributed by atoms with van der Waals surface area (Å²) >= 11 is 0. The van der Waals surface area contributed by atoms with E-state index >= 15 is 0 Å². The van der Waals surface area contributed by atoms with E-state index in [4.69, 9.17) is 9.88 Å². The molecule has 0 amide bonds. The van der Waals surface area contributed by atoms with Crippen molar-refractivity contribution in [3.8, 4) is 0 Å². The lowest BCUT2D eigenvalue weighted by Crippen LogP contribution is -2.46. The molecule has 0 radical (unpaired) electrons. The van der Waals surface area contributed by atoms with Crippen LogP contribution in [0.3, 0.4) is 0 Å². The summed E-state index contributed by atoms with van der Waals surface area (Å²) in [4.78, 5) is -1.17. The van der Waals surface area contributed by atoms with Crippen LogP contribution in [0.15, 0.2) is 28.0 Å². The van der Waals surface area contributed by atoms with Crippen molar-refractivity contribution < 1.29 is 26.0 Å².